The summed E-state index contributed by atoms with van der Waals surface area (Å²) in [6.45, 7) is 4.67. The van der Waals surface area contributed by atoms with Gasteiger partial charge in [0.2, 0.25) is 5.91 Å². The van der Waals surface area contributed by atoms with E-state index in [1.165, 1.54) is 0 Å². The normalized spacial score (nSPS) is 13.9. The van der Waals surface area contributed by atoms with E-state index in [1.807, 2.05) is 24.3 Å². The van der Waals surface area contributed by atoms with Crippen LogP contribution in [0, 0.1) is 5.92 Å². The van der Waals surface area contributed by atoms with E-state index >= 15 is 0 Å². The van der Waals surface area contributed by atoms with E-state index in [0.29, 0.717) is 31.1 Å². The van der Waals surface area contributed by atoms with E-state index in [1.54, 1.807) is 0 Å². The maximum atomic E-state index is 12.1. The molecule has 0 heterocycles. The molecule has 0 saturated heterocycles. The van der Waals surface area contributed by atoms with Crippen LogP contribution < -0.4 is 11.1 Å². The zero-order chi connectivity index (χ0) is 16.5. The first-order valence-corrected chi connectivity index (χ1v) is 9.67. The fraction of sp³-hybridized carbons (Fsp3) is 0.562. The number of amides is 1. The van der Waals surface area contributed by atoms with Gasteiger partial charge < -0.3 is 11.1 Å². The summed E-state index contributed by atoms with van der Waals surface area (Å²) in [5.74, 6) is 0.981. The number of rotatable bonds is 9. The quantitative estimate of drug-likeness (QED) is 0.682. The van der Waals surface area contributed by atoms with Gasteiger partial charge in [0.15, 0.2) is 0 Å². The third-order valence-corrected chi connectivity index (χ3v) is 5.20. The molecule has 0 saturated carbocycles. The van der Waals surface area contributed by atoms with Crippen LogP contribution in [0.1, 0.15) is 33.1 Å². The van der Waals surface area contributed by atoms with Crippen molar-refractivity contribution >= 4 is 32.6 Å². The Morgan fingerprint density at radius 2 is 1.95 bits per heavy atom. The summed E-state index contributed by atoms with van der Waals surface area (Å²) in [6, 6.07) is 7.46. The molecule has 3 N–H and O–H groups in total. The molecule has 4 nitrogen and oxygen atoms in total. The van der Waals surface area contributed by atoms with Crippen molar-refractivity contribution in [2.24, 2.45) is 11.7 Å². The minimum atomic E-state index is -1.06. The molecular formula is C16H25BrN2O2S. The molecule has 0 aliphatic rings. The first kappa shape index (κ1) is 19.3. The van der Waals surface area contributed by atoms with Gasteiger partial charge in [-0.1, -0.05) is 29.8 Å². The third-order valence-electron chi connectivity index (χ3n) is 3.22. The van der Waals surface area contributed by atoms with Gasteiger partial charge in [0.1, 0.15) is 0 Å². The van der Waals surface area contributed by atoms with Gasteiger partial charge >= 0.3 is 0 Å². The lowest BCUT2D eigenvalue weighted by Gasteiger charge is -2.18. The Balaban J connectivity index is 2.32. The molecule has 6 heteroatoms. The Labute approximate surface area is 143 Å². The van der Waals surface area contributed by atoms with Crippen molar-refractivity contribution < 1.29 is 9.00 Å². The molecule has 2 unspecified atom stereocenters. The number of hydrogen-bond donors (Lipinski definition) is 2. The minimum Gasteiger partial charge on any atom is -0.352 e. The summed E-state index contributed by atoms with van der Waals surface area (Å²) in [6.07, 6.45) is 1.87. The summed E-state index contributed by atoms with van der Waals surface area (Å²) < 4.78 is 13.1. The van der Waals surface area contributed by atoms with Crippen molar-refractivity contribution in [3.05, 3.63) is 28.7 Å². The Morgan fingerprint density at radius 3 is 2.50 bits per heavy atom. The summed E-state index contributed by atoms with van der Waals surface area (Å²) in [7, 11) is -1.06. The second-order valence-electron chi connectivity index (χ2n) is 5.74. The Morgan fingerprint density at radius 1 is 1.32 bits per heavy atom. The fourth-order valence-corrected chi connectivity index (χ4v) is 3.50. The molecule has 1 aromatic carbocycles. The zero-order valence-corrected chi connectivity index (χ0v) is 15.6. The topological polar surface area (TPSA) is 72.2 Å². The molecule has 124 valence electrons. The maximum Gasteiger partial charge on any atom is 0.220 e. The summed E-state index contributed by atoms with van der Waals surface area (Å²) in [4.78, 5) is 12.7. The minimum absolute atomic E-state index is 0.0103. The molecular weight excluding hydrogens is 364 g/mol. The van der Waals surface area contributed by atoms with Crippen LogP contribution in [0.3, 0.4) is 0 Å². The number of hydrogen-bond acceptors (Lipinski definition) is 3. The predicted molar refractivity (Wildman–Crippen MR) is 95.1 cm³/mol. The van der Waals surface area contributed by atoms with Gasteiger partial charge in [0, 0.05) is 34.1 Å². The molecule has 1 amide bonds. The van der Waals surface area contributed by atoms with Crippen molar-refractivity contribution in [3.8, 4) is 0 Å². The lowest BCUT2D eigenvalue weighted by atomic mass is 10.0. The third kappa shape index (κ3) is 7.51. The van der Waals surface area contributed by atoms with E-state index in [-0.39, 0.29) is 11.9 Å². The van der Waals surface area contributed by atoms with Crippen molar-refractivity contribution in [2.45, 2.75) is 44.0 Å². The highest BCUT2D eigenvalue weighted by Gasteiger charge is 2.12. The van der Waals surface area contributed by atoms with Crippen molar-refractivity contribution in [1.82, 2.24) is 5.32 Å². The summed E-state index contributed by atoms with van der Waals surface area (Å²) in [5, 5.41) is 2.95. The molecule has 22 heavy (non-hydrogen) atoms. The standard InChI is InChI=1S/C16H25BrN2O2S/c1-12(2)10-14(11-18)19-16(20)4-3-9-22(21)15-7-5-13(17)6-8-15/h5-8,12,14H,3-4,9-11,18H2,1-2H3,(H,19,20). The van der Waals surface area contributed by atoms with E-state index in [2.05, 4.69) is 35.1 Å². The Bertz CT molecular complexity index is 491. The molecule has 0 fully saturated rings. The van der Waals surface area contributed by atoms with Crippen LogP contribution in [0.15, 0.2) is 33.6 Å². The van der Waals surface area contributed by atoms with Crippen LogP contribution in [-0.2, 0) is 15.6 Å². The molecule has 0 radical (unpaired) electrons. The van der Waals surface area contributed by atoms with E-state index in [0.717, 1.165) is 15.8 Å². The van der Waals surface area contributed by atoms with Crippen LogP contribution in [0.5, 0.6) is 0 Å². The molecule has 0 bridgehead atoms. The second kappa shape index (κ2) is 10.1. The molecule has 0 spiro atoms. The van der Waals surface area contributed by atoms with Gasteiger partial charge in [0.25, 0.3) is 0 Å². The first-order chi connectivity index (χ1) is 10.4. The SMILES string of the molecule is CC(C)CC(CN)NC(=O)CCCS(=O)c1ccc(Br)cc1. The monoisotopic (exact) mass is 388 g/mol. The first-order valence-electron chi connectivity index (χ1n) is 7.55. The van der Waals surface area contributed by atoms with Crippen LogP contribution >= 0.6 is 15.9 Å². The van der Waals surface area contributed by atoms with E-state index < -0.39 is 10.8 Å². The van der Waals surface area contributed by atoms with Gasteiger partial charge in [-0.25, -0.2) is 0 Å². The molecule has 0 aliphatic heterocycles. The highest BCUT2D eigenvalue weighted by Crippen LogP contribution is 2.14. The smallest absolute Gasteiger partial charge is 0.220 e. The zero-order valence-electron chi connectivity index (χ0n) is 13.2. The highest BCUT2D eigenvalue weighted by molar-refractivity contribution is 9.10. The molecule has 1 rings (SSSR count). The number of benzene rings is 1. The average molecular weight is 389 g/mol. The molecule has 2 atom stereocenters. The van der Waals surface area contributed by atoms with Gasteiger partial charge in [-0.05, 0) is 43.0 Å². The van der Waals surface area contributed by atoms with E-state index in [9.17, 15) is 9.00 Å². The number of nitrogens with one attached hydrogen (secondary N) is 1. The van der Waals surface area contributed by atoms with Crippen LogP contribution in [0.25, 0.3) is 0 Å². The number of halogens is 1. The second-order valence-corrected chi connectivity index (χ2v) is 8.22. The average Bonchev–Trinajstić information content (AvgIpc) is 2.46. The van der Waals surface area contributed by atoms with Gasteiger partial charge in [-0.2, -0.15) is 0 Å². The largest absolute Gasteiger partial charge is 0.352 e. The maximum absolute atomic E-state index is 12.1. The number of carbonyl (C=O) groups excluding carboxylic acids is 1. The fourth-order valence-electron chi connectivity index (χ4n) is 2.15. The Kier molecular flexibility index (Phi) is 8.90. The molecule has 1 aromatic rings. The van der Waals surface area contributed by atoms with Crippen LogP contribution in [0.4, 0.5) is 0 Å². The van der Waals surface area contributed by atoms with Gasteiger partial charge in [-0.15, -0.1) is 0 Å². The number of carbonyl (C=O) groups is 1. The number of nitrogens with two attached hydrogens (primary N) is 1. The molecule has 0 aliphatic carbocycles. The van der Waals surface area contributed by atoms with E-state index in [4.69, 9.17) is 5.73 Å². The summed E-state index contributed by atoms with van der Waals surface area (Å²) >= 11 is 3.35. The van der Waals surface area contributed by atoms with Gasteiger partial charge in [-0.3, -0.25) is 9.00 Å². The van der Waals surface area contributed by atoms with Crippen molar-refractivity contribution in [1.29, 1.82) is 0 Å². The van der Waals surface area contributed by atoms with Crippen molar-refractivity contribution in [3.63, 3.8) is 0 Å². The molecule has 0 aromatic heterocycles. The van der Waals surface area contributed by atoms with Gasteiger partial charge in [0.05, 0.1) is 10.8 Å². The lowest BCUT2D eigenvalue weighted by molar-refractivity contribution is -0.121. The highest BCUT2D eigenvalue weighted by atomic mass is 79.9. The lowest BCUT2D eigenvalue weighted by Crippen LogP contribution is -2.41. The van der Waals surface area contributed by atoms with Crippen LogP contribution in [0.2, 0.25) is 0 Å². The summed E-state index contributed by atoms with van der Waals surface area (Å²) in [5.41, 5.74) is 5.67. The van der Waals surface area contributed by atoms with Crippen molar-refractivity contribution in [2.75, 3.05) is 12.3 Å². The Hall–Kier alpha value is -0.720. The van der Waals surface area contributed by atoms with Crippen LogP contribution in [-0.4, -0.2) is 28.5 Å². The predicted octanol–water partition coefficient (Wildman–Crippen LogP) is 2.83.